The maximum absolute atomic E-state index is 13.6. The number of amides is 1. The lowest BCUT2D eigenvalue weighted by Gasteiger charge is -2.23. The molecule has 0 radical (unpaired) electrons. The lowest BCUT2D eigenvalue weighted by atomic mass is 9.99. The number of alkyl carbamates (subject to hydrolysis) is 1. The normalized spacial score (nSPS) is 23.0. The van der Waals surface area contributed by atoms with Crippen LogP contribution in [0.2, 0.25) is 0 Å². The van der Waals surface area contributed by atoms with Crippen molar-refractivity contribution in [2.75, 3.05) is 6.61 Å². The number of halogens is 1. The third kappa shape index (κ3) is 6.36. The largest absolute Gasteiger partial charge is 0.461 e. The van der Waals surface area contributed by atoms with Crippen molar-refractivity contribution in [3.63, 3.8) is 0 Å². The molecule has 1 aliphatic rings. The molecule has 6 atom stereocenters. The van der Waals surface area contributed by atoms with Crippen LogP contribution in [0.5, 0.6) is 0 Å². The molecular weight excluding hydrogens is 481 g/mol. The number of hydrogen-bond acceptors (Lipinski definition) is 9. The van der Waals surface area contributed by atoms with Crippen LogP contribution in [-0.2, 0) is 25.6 Å². The molecule has 36 heavy (non-hydrogen) atoms. The Morgan fingerprint density at radius 3 is 2.56 bits per heavy atom. The van der Waals surface area contributed by atoms with Gasteiger partial charge < -0.3 is 29.7 Å². The summed E-state index contributed by atoms with van der Waals surface area (Å²) in [7, 11) is 0. The van der Waals surface area contributed by atoms with Gasteiger partial charge in [0.15, 0.2) is 6.23 Å². The molecule has 1 aromatic carbocycles. The van der Waals surface area contributed by atoms with Gasteiger partial charge in [-0.25, -0.2) is 14.4 Å². The molecule has 196 valence electrons. The molecule has 3 rings (SSSR count). The SMILES string of the molecule is CC[C@H](C)[C@H](NC(=O)OCc1ccccc1)C(=O)OC[C@H]1O[C@@H](n2cc(F)c(=O)[nH]c2=O)[C@H](O)[C@@H]1O. The van der Waals surface area contributed by atoms with Gasteiger partial charge in [-0.05, 0) is 11.5 Å². The number of hydrogen-bond donors (Lipinski definition) is 4. The fraction of sp³-hybridized carbons (Fsp3) is 0.478. The summed E-state index contributed by atoms with van der Waals surface area (Å²) in [5, 5.41) is 23.1. The number of benzene rings is 1. The third-order valence-corrected chi connectivity index (χ3v) is 5.88. The van der Waals surface area contributed by atoms with Gasteiger partial charge in [-0.1, -0.05) is 50.6 Å². The van der Waals surface area contributed by atoms with Crippen molar-refractivity contribution in [1.29, 1.82) is 0 Å². The Hall–Kier alpha value is -3.55. The molecule has 0 unspecified atom stereocenters. The van der Waals surface area contributed by atoms with Gasteiger partial charge in [0, 0.05) is 0 Å². The Kier molecular flexibility index (Phi) is 8.96. The van der Waals surface area contributed by atoms with E-state index in [2.05, 4.69) is 5.32 Å². The van der Waals surface area contributed by atoms with Gasteiger partial charge in [0.2, 0.25) is 5.82 Å². The lowest BCUT2D eigenvalue weighted by Crippen LogP contribution is -2.47. The molecule has 1 fully saturated rings. The highest BCUT2D eigenvalue weighted by molar-refractivity contribution is 5.81. The molecule has 0 aliphatic carbocycles. The second kappa shape index (κ2) is 11.9. The number of aromatic nitrogens is 2. The van der Waals surface area contributed by atoms with Crippen LogP contribution in [0.3, 0.4) is 0 Å². The lowest BCUT2D eigenvalue weighted by molar-refractivity contribution is -0.154. The van der Waals surface area contributed by atoms with E-state index in [1.165, 1.54) is 0 Å². The van der Waals surface area contributed by atoms with Crippen LogP contribution in [-0.4, -0.2) is 62.8 Å². The van der Waals surface area contributed by atoms with E-state index in [9.17, 15) is 33.8 Å². The molecule has 1 amide bonds. The van der Waals surface area contributed by atoms with Gasteiger partial charge in [-0.2, -0.15) is 4.39 Å². The minimum atomic E-state index is -1.69. The smallest absolute Gasteiger partial charge is 0.408 e. The standard InChI is InChI=1S/C23H28FN3O9/c1-3-12(2)16(25-23(33)35-10-13-7-5-4-6-8-13)21(31)34-11-15-17(28)18(29)20(36-15)27-9-14(24)19(30)26-22(27)32/h4-9,12,15-18,20,28-29H,3,10-11H2,1-2H3,(H,25,33)(H,26,30,32)/t12-,15+,16-,17+,18+,20+/m0/s1. The van der Waals surface area contributed by atoms with Gasteiger partial charge in [0.25, 0.3) is 5.56 Å². The van der Waals surface area contributed by atoms with Gasteiger partial charge in [0.1, 0.15) is 37.6 Å². The van der Waals surface area contributed by atoms with Crippen molar-refractivity contribution < 1.29 is 38.4 Å². The highest BCUT2D eigenvalue weighted by atomic mass is 19.1. The molecule has 0 bridgehead atoms. The number of nitrogens with one attached hydrogen (secondary N) is 2. The zero-order valence-corrected chi connectivity index (χ0v) is 19.6. The van der Waals surface area contributed by atoms with Gasteiger partial charge >= 0.3 is 17.8 Å². The molecule has 2 heterocycles. The maximum atomic E-state index is 13.6. The average Bonchev–Trinajstić information content (AvgIpc) is 3.15. The number of esters is 1. The van der Waals surface area contributed by atoms with Crippen LogP contribution in [0.1, 0.15) is 32.1 Å². The van der Waals surface area contributed by atoms with E-state index in [1.54, 1.807) is 36.2 Å². The summed E-state index contributed by atoms with van der Waals surface area (Å²) in [5.41, 5.74) is -1.55. The summed E-state index contributed by atoms with van der Waals surface area (Å²) in [6.45, 7) is 3.00. The summed E-state index contributed by atoms with van der Waals surface area (Å²) in [6.07, 6.45) is -5.88. The maximum Gasteiger partial charge on any atom is 0.408 e. The van der Waals surface area contributed by atoms with E-state index in [0.29, 0.717) is 17.2 Å². The fourth-order valence-electron chi connectivity index (χ4n) is 3.56. The minimum absolute atomic E-state index is 0.00104. The molecule has 1 aliphatic heterocycles. The van der Waals surface area contributed by atoms with E-state index >= 15 is 0 Å². The van der Waals surface area contributed by atoms with Crippen molar-refractivity contribution in [3.05, 3.63) is 68.7 Å². The van der Waals surface area contributed by atoms with Crippen molar-refractivity contribution in [3.8, 4) is 0 Å². The summed E-state index contributed by atoms with van der Waals surface area (Å²) < 4.78 is 30.0. The van der Waals surface area contributed by atoms with Crippen molar-refractivity contribution >= 4 is 12.1 Å². The summed E-state index contributed by atoms with van der Waals surface area (Å²) in [6, 6.07) is 7.88. The van der Waals surface area contributed by atoms with E-state index < -0.39 is 66.3 Å². The monoisotopic (exact) mass is 509 g/mol. The quantitative estimate of drug-likeness (QED) is 0.345. The first kappa shape index (κ1) is 27.0. The van der Waals surface area contributed by atoms with Gasteiger partial charge in [-0.15, -0.1) is 0 Å². The third-order valence-electron chi connectivity index (χ3n) is 5.88. The van der Waals surface area contributed by atoms with E-state index in [1.807, 2.05) is 13.0 Å². The molecule has 0 saturated carbocycles. The summed E-state index contributed by atoms with van der Waals surface area (Å²) in [4.78, 5) is 49.9. The minimum Gasteiger partial charge on any atom is -0.461 e. The average molecular weight is 509 g/mol. The number of ether oxygens (including phenoxy) is 3. The van der Waals surface area contributed by atoms with E-state index in [4.69, 9.17) is 14.2 Å². The molecule has 12 nitrogen and oxygen atoms in total. The summed E-state index contributed by atoms with van der Waals surface area (Å²) in [5.74, 6) is -2.46. The number of carbonyl (C=O) groups excluding carboxylic acids is 2. The molecule has 2 aromatic rings. The van der Waals surface area contributed by atoms with Crippen molar-refractivity contribution in [2.45, 2.75) is 57.5 Å². The molecule has 1 aromatic heterocycles. The van der Waals surface area contributed by atoms with Crippen LogP contribution in [0.25, 0.3) is 0 Å². The van der Waals surface area contributed by atoms with E-state index in [-0.39, 0.29) is 12.5 Å². The number of aliphatic hydroxyl groups excluding tert-OH is 2. The van der Waals surface area contributed by atoms with Crippen LogP contribution in [0.4, 0.5) is 9.18 Å². The second-order valence-corrected chi connectivity index (χ2v) is 8.39. The first-order valence-electron chi connectivity index (χ1n) is 11.3. The Labute approximate surface area is 204 Å². The van der Waals surface area contributed by atoms with E-state index in [0.717, 1.165) is 5.56 Å². The molecule has 1 saturated heterocycles. The number of nitrogens with zero attached hydrogens (tertiary/aromatic N) is 1. The Morgan fingerprint density at radius 2 is 1.89 bits per heavy atom. The van der Waals surface area contributed by atoms with Crippen LogP contribution in [0, 0.1) is 11.7 Å². The van der Waals surface area contributed by atoms with Crippen LogP contribution in [0.15, 0.2) is 46.1 Å². The topological polar surface area (TPSA) is 169 Å². The Bertz CT molecular complexity index is 1170. The Balaban J connectivity index is 1.61. The number of H-pyrrole nitrogens is 1. The van der Waals surface area contributed by atoms with Gasteiger partial charge in [0.05, 0.1) is 6.20 Å². The highest BCUT2D eigenvalue weighted by Crippen LogP contribution is 2.28. The first-order chi connectivity index (χ1) is 17.1. The predicted molar refractivity (Wildman–Crippen MR) is 121 cm³/mol. The molecular formula is C23H28FN3O9. The zero-order chi connectivity index (χ0) is 26.4. The van der Waals surface area contributed by atoms with Crippen LogP contribution >= 0.6 is 0 Å². The zero-order valence-electron chi connectivity index (χ0n) is 19.6. The van der Waals surface area contributed by atoms with Crippen LogP contribution < -0.4 is 16.6 Å². The number of aliphatic hydroxyl groups is 2. The first-order valence-corrected chi connectivity index (χ1v) is 11.3. The summed E-state index contributed by atoms with van der Waals surface area (Å²) >= 11 is 0. The predicted octanol–water partition coefficient (Wildman–Crippen LogP) is 0.179. The van der Waals surface area contributed by atoms with Gasteiger partial charge in [-0.3, -0.25) is 14.3 Å². The Morgan fingerprint density at radius 1 is 1.19 bits per heavy atom. The second-order valence-electron chi connectivity index (χ2n) is 8.39. The highest BCUT2D eigenvalue weighted by Gasteiger charge is 2.45. The molecule has 13 heteroatoms. The fourth-order valence-corrected chi connectivity index (χ4v) is 3.56. The number of rotatable bonds is 9. The molecule has 0 spiro atoms. The molecule has 4 N–H and O–H groups in total. The number of carbonyl (C=O) groups is 2. The number of aromatic amines is 1. The van der Waals surface area contributed by atoms with Crippen molar-refractivity contribution in [2.24, 2.45) is 5.92 Å². The van der Waals surface area contributed by atoms with Crippen molar-refractivity contribution in [1.82, 2.24) is 14.9 Å².